The Bertz CT molecular complexity index is 1220. The zero-order chi connectivity index (χ0) is 21.8. The van der Waals surface area contributed by atoms with Gasteiger partial charge in [0.2, 0.25) is 0 Å². The van der Waals surface area contributed by atoms with Gasteiger partial charge in [-0.25, -0.2) is 4.98 Å². The molecule has 0 radical (unpaired) electrons. The number of carbonyl (C=O) groups is 1. The van der Waals surface area contributed by atoms with E-state index in [0.29, 0.717) is 40.9 Å². The van der Waals surface area contributed by atoms with E-state index in [-0.39, 0.29) is 5.91 Å². The number of rotatable bonds is 7. The molecule has 5 nitrogen and oxygen atoms in total. The van der Waals surface area contributed by atoms with Crippen molar-refractivity contribution in [3.8, 4) is 5.75 Å². The summed E-state index contributed by atoms with van der Waals surface area (Å²) in [5.41, 5.74) is 5.13. The van der Waals surface area contributed by atoms with Gasteiger partial charge in [0.05, 0.1) is 11.6 Å². The molecule has 6 heteroatoms. The highest BCUT2D eigenvalue weighted by molar-refractivity contribution is 6.32. The Labute approximate surface area is 186 Å². The lowest BCUT2D eigenvalue weighted by Gasteiger charge is -2.09. The van der Waals surface area contributed by atoms with Crippen molar-refractivity contribution in [3.05, 3.63) is 88.3 Å². The maximum Gasteiger partial charge on any atom is 0.255 e. The lowest BCUT2D eigenvalue weighted by molar-refractivity contribution is 0.102. The SMILES string of the molecule is CCOc1ccc(C(=O)Nc2ccc(Cc3nc4cc(CC)ccc4o3)cc2)cc1Cl. The van der Waals surface area contributed by atoms with Crippen molar-refractivity contribution < 1.29 is 13.9 Å². The van der Waals surface area contributed by atoms with Gasteiger partial charge < -0.3 is 14.5 Å². The third-order valence-electron chi connectivity index (χ3n) is 4.97. The van der Waals surface area contributed by atoms with Crippen LogP contribution in [0.3, 0.4) is 0 Å². The first kappa shape index (κ1) is 20.9. The van der Waals surface area contributed by atoms with Crippen LogP contribution < -0.4 is 10.1 Å². The first-order chi connectivity index (χ1) is 15.1. The summed E-state index contributed by atoms with van der Waals surface area (Å²) in [6.07, 6.45) is 1.55. The van der Waals surface area contributed by atoms with Crippen LogP contribution in [0.2, 0.25) is 5.02 Å². The summed E-state index contributed by atoms with van der Waals surface area (Å²) in [6.45, 7) is 4.51. The lowest BCUT2D eigenvalue weighted by atomic mass is 10.1. The Morgan fingerprint density at radius 1 is 1.03 bits per heavy atom. The summed E-state index contributed by atoms with van der Waals surface area (Å²) in [6, 6.07) is 18.7. The second-order valence-electron chi connectivity index (χ2n) is 7.17. The average molecular weight is 435 g/mol. The quantitative estimate of drug-likeness (QED) is 0.371. The summed E-state index contributed by atoms with van der Waals surface area (Å²) >= 11 is 6.18. The molecule has 0 saturated carbocycles. The molecule has 1 amide bonds. The van der Waals surface area contributed by atoms with Crippen LogP contribution in [0.25, 0.3) is 11.1 Å². The molecule has 158 valence electrons. The number of benzene rings is 3. The van der Waals surface area contributed by atoms with Gasteiger partial charge >= 0.3 is 0 Å². The summed E-state index contributed by atoms with van der Waals surface area (Å²) < 4.78 is 11.3. The minimum Gasteiger partial charge on any atom is -0.492 e. The smallest absolute Gasteiger partial charge is 0.255 e. The Balaban J connectivity index is 1.42. The summed E-state index contributed by atoms with van der Waals surface area (Å²) in [5, 5.41) is 3.30. The topological polar surface area (TPSA) is 64.4 Å². The predicted molar refractivity (Wildman–Crippen MR) is 123 cm³/mol. The van der Waals surface area contributed by atoms with Crippen LogP contribution in [0, 0.1) is 0 Å². The normalized spacial score (nSPS) is 10.9. The van der Waals surface area contributed by atoms with Crippen molar-refractivity contribution in [2.75, 3.05) is 11.9 Å². The Morgan fingerprint density at radius 3 is 2.52 bits per heavy atom. The number of fused-ring (bicyclic) bond motifs is 1. The molecule has 4 aromatic rings. The highest BCUT2D eigenvalue weighted by Crippen LogP contribution is 2.26. The van der Waals surface area contributed by atoms with Crippen LogP contribution in [0.5, 0.6) is 5.75 Å². The molecule has 0 atom stereocenters. The number of aromatic nitrogens is 1. The zero-order valence-electron chi connectivity index (χ0n) is 17.4. The molecule has 0 aliphatic carbocycles. The van der Waals surface area contributed by atoms with E-state index in [1.807, 2.05) is 37.3 Å². The predicted octanol–water partition coefficient (Wildman–Crippen LogP) is 6.29. The van der Waals surface area contributed by atoms with Crippen molar-refractivity contribution in [3.63, 3.8) is 0 Å². The molecule has 1 N–H and O–H groups in total. The molecule has 3 aromatic carbocycles. The van der Waals surface area contributed by atoms with Crippen molar-refractivity contribution in [1.29, 1.82) is 0 Å². The standard InChI is InChI=1S/C25H23ClN2O3/c1-3-16-7-11-23-21(13-16)28-24(31-23)14-17-5-9-19(10-6-17)27-25(29)18-8-12-22(30-4-2)20(26)15-18/h5-13,15H,3-4,14H2,1-2H3,(H,27,29). The minimum atomic E-state index is -0.233. The van der Waals surface area contributed by atoms with E-state index in [9.17, 15) is 4.79 Å². The fraction of sp³-hybridized carbons (Fsp3) is 0.200. The van der Waals surface area contributed by atoms with Gasteiger partial charge in [0.25, 0.3) is 5.91 Å². The van der Waals surface area contributed by atoms with Gasteiger partial charge in [0, 0.05) is 17.7 Å². The minimum absolute atomic E-state index is 0.233. The van der Waals surface area contributed by atoms with E-state index in [1.165, 1.54) is 5.56 Å². The fourth-order valence-corrected chi connectivity index (χ4v) is 3.55. The zero-order valence-corrected chi connectivity index (χ0v) is 18.2. The van der Waals surface area contributed by atoms with E-state index in [0.717, 1.165) is 23.1 Å². The van der Waals surface area contributed by atoms with Crippen LogP contribution in [-0.2, 0) is 12.8 Å². The van der Waals surface area contributed by atoms with Crippen LogP contribution in [0.1, 0.15) is 41.2 Å². The maximum absolute atomic E-state index is 12.5. The maximum atomic E-state index is 12.5. The van der Waals surface area contributed by atoms with E-state index >= 15 is 0 Å². The van der Waals surface area contributed by atoms with E-state index in [4.69, 9.17) is 20.8 Å². The molecule has 0 spiro atoms. The number of oxazole rings is 1. The van der Waals surface area contributed by atoms with E-state index in [2.05, 4.69) is 29.4 Å². The molecule has 0 bridgehead atoms. The van der Waals surface area contributed by atoms with Gasteiger partial charge in [-0.15, -0.1) is 0 Å². The molecule has 31 heavy (non-hydrogen) atoms. The van der Waals surface area contributed by atoms with Gasteiger partial charge in [-0.2, -0.15) is 0 Å². The van der Waals surface area contributed by atoms with Crippen LogP contribution in [0.4, 0.5) is 5.69 Å². The van der Waals surface area contributed by atoms with Crippen LogP contribution in [0.15, 0.2) is 65.1 Å². The van der Waals surface area contributed by atoms with Gasteiger partial charge in [0.1, 0.15) is 11.3 Å². The molecule has 0 fully saturated rings. The van der Waals surface area contributed by atoms with Gasteiger partial charge in [-0.1, -0.05) is 36.7 Å². The summed E-state index contributed by atoms with van der Waals surface area (Å²) in [7, 11) is 0. The van der Waals surface area contributed by atoms with Crippen LogP contribution >= 0.6 is 11.6 Å². The second-order valence-corrected chi connectivity index (χ2v) is 7.58. The third-order valence-corrected chi connectivity index (χ3v) is 5.26. The number of halogens is 1. The van der Waals surface area contributed by atoms with E-state index in [1.54, 1.807) is 18.2 Å². The highest BCUT2D eigenvalue weighted by atomic mass is 35.5. The molecular weight excluding hydrogens is 412 g/mol. The number of hydrogen-bond acceptors (Lipinski definition) is 4. The number of carbonyl (C=O) groups excluding carboxylic acids is 1. The highest BCUT2D eigenvalue weighted by Gasteiger charge is 2.11. The Morgan fingerprint density at radius 2 is 1.81 bits per heavy atom. The molecule has 0 aliphatic heterocycles. The molecule has 4 rings (SSSR count). The largest absolute Gasteiger partial charge is 0.492 e. The van der Waals surface area contributed by atoms with Gasteiger partial charge in [0.15, 0.2) is 11.5 Å². The number of hydrogen-bond donors (Lipinski definition) is 1. The van der Waals surface area contributed by atoms with E-state index < -0.39 is 0 Å². The fourth-order valence-electron chi connectivity index (χ4n) is 3.31. The number of ether oxygens (including phenoxy) is 1. The number of amides is 1. The summed E-state index contributed by atoms with van der Waals surface area (Å²) in [5.74, 6) is 1.00. The number of anilines is 1. The molecule has 0 saturated heterocycles. The Hall–Kier alpha value is -3.31. The third kappa shape index (κ3) is 4.89. The molecule has 1 aromatic heterocycles. The molecule has 0 aliphatic rings. The summed E-state index contributed by atoms with van der Waals surface area (Å²) in [4.78, 5) is 17.1. The first-order valence-corrected chi connectivity index (χ1v) is 10.6. The van der Waals surface area contributed by atoms with Crippen molar-refractivity contribution in [2.24, 2.45) is 0 Å². The van der Waals surface area contributed by atoms with Crippen molar-refractivity contribution >= 4 is 34.3 Å². The molecule has 1 heterocycles. The molecular formula is C25H23ClN2O3. The Kier molecular flexibility index (Phi) is 6.23. The van der Waals surface area contributed by atoms with Crippen molar-refractivity contribution in [2.45, 2.75) is 26.7 Å². The second kappa shape index (κ2) is 9.23. The van der Waals surface area contributed by atoms with Crippen molar-refractivity contribution in [1.82, 2.24) is 4.98 Å². The van der Waals surface area contributed by atoms with Gasteiger partial charge in [-0.05, 0) is 66.9 Å². The van der Waals surface area contributed by atoms with Crippen LogP contribution in [-0.4, -0.2) is 17.5 Å². The monoisotopic (exact) mass is 434 g/mol. The van der Waals surface area contributed by atoms with Gasteiger partial charge in [-0.3, -0.25) is 4.79 Å². The lowest BCUT2D eigenvalue weighted by Crippen LogP contribution is -2.12. The molecule has 0 unspecified atom stereocenters. The number of nitrogens with one attached hydrogen (secondary N) is 1. The first-order valence-electron chi connectivity index (χ1n) is 10.3. The average Bonchev–Trinajstić information content (AvgIpc) is 3.18. The number of aryl methyl sites for hydroxylation is 1. The number of nitrogens with zero attached hydrogens (tertiary/aromatic N) is 1.